The smallest absolute Gasteiger partial charge is 0.256 e. The van der Waals surface area contributed by atoms with Gasteiger partial charge in [0, 0.05) is 35.7 Å². The Morgan fingerprint density at radius 1 is 1.22 bits per heavy atom. The molecule has 0 bridgehead atoms. The standard InChI is InChI=1S/C28H38N4O5/c1-8-32(9-2)13-12-29-27(36)24-16(3)23(30-17(24)4)15-21-20-14-19(10-11-22(20)31-26(21)35)37-28(6,7)25(34)18(5)33/h10-11,14-15,18,30,33H,8-9,12-13H2,1-7H3,(H,29,36)(H,31,35)/b21-15-/t18-/m0/s1. The number of hydrogen-bond donors (Lipinski definition) is 4. The second kappa shape index (κ2) is 11.3. The van der Waals surface area contributed by atoms with Crippen LogP contribution in [0.15, 0.2) is 18.2 Å². The molecule has 0 aliphatic carbocycles. The van der Waals surface area contributed by atoms with Gasteiger partial charge in [-0.1, -0.05) is 13.8 Å². The van der Waals surface area contributed by atoms with Crippen LogP contribution < -0.4 is 15.4 Å². The van der Waals surface area contributed by atoms with Gasteiger partial charge < -0.3 is 30.4 Å². The first-order valence-corrected chi connectivity index (χ1v) is 12.7. The molecule has 2 amide bonds. The number of Topliss-reactive ketones (excluding diaryl/α,β-unsaturated/α-hetero) is 1. The minimum Gasteiger partial charge on any atom is -0.480 e. The van der Waals surface area contributed by atoms with Gasteiger partial charge in [0.1, 0.15) is 11.9 Å². The molecule has 1 aliphatic heterocycles. The van der Waals surface area contributed by atoms with Gasteiger partial charge >= 0.3 is 0 Å². The van der Waals surface area contributed by atoms with E-state index in [1.807, 2.05) is 13.8 Å². The first-order valence-electron chi connectivity index (χ1n) is 12.7. The van der Waals surface area contributed by atoms with E-state index in [9.17, 15) is 19.5 Å². The lowest BCUT2D eigenvalue weighted by molar-refractivity contribution is -0.139. The summed E-state index contributed by atoms with van der Waals surface area (Å²) < 4.78 is 5.89. The zero-order chi connectivity index (χ0) is 27.5. The average molecular weight is 511 g/mol. The molecule has 2 heterocycles. The number of carbonyl (C=O) groups is 3. The van der Waals surface area contributed by atoms with Crippen LogP contribution in [-0.2, 0) is 9.59 Å². The maximum absolute atomic E-state index is 12.9. The third kappa shape index (κ3) is 6.11. The number of nitrogens with zero attached hydrogens (tertiary/aromatic N) is 1. The van der Waals surface area contributed by atoms with E-state index in [2.05, 4.69) is 34.4 Å². The molecular weight excluding hydrogens is 472 g/mol. The van der Waals surface area contributed by atoms with Gasteiger partial charge in [-0.25, -0.2) is 0 Å². The molecular formula is C28H38N4O5. The van der Waals surface area contributed by atoms with Gasteiger partial charge in [-0.2, -0.15) is 0 Å². The summed E-state index contributed by atoms with van der Waals surface area (Å²) in [5, 5.41) is 15.5. The third-order valence-corrected chi connectivity index (χ3v) is 6.72. The number of aromatic amines is 1. The van der Waals surface area contributed by atoms with Crippen molar-refractivity contribution in [3.05, 3.63) is 46.3 Å². The maximum Gasteiger partial charge on any atom is 0.256 e. The van der Waals surface area contributed by atoms with Gasteiger partial charge in [0.25, 0.3) is 11.8 Å². The largest absolute Gasteiger partial charge is 0.480 e. The molecule has 3 rings (SSSR count). The molecule has 0 saturated carbocycles. The van der Waals surface area contributed by atoms with E-state index >= 15 is 0 Å². The van der Waals surface area contributed by atoms with Crippen LogP contribution in [0.1, 0.15) is 67.5 Å². The van der Waals surface area contributed by atoms with E-state index < -0.39 is 17.5 Å². The third-order valence-electron chi connectivity index (χ3n) is 6.72. The summed E-state index contributed by atoms with van der Waals surface area (Å²) in [5.41, 5.74) is 3.13. The number of nitrogens with one attached hydrogen (secondary N) is 3. The lowest BCUT2D eigenvalue weighted by Crippen LogP contribution is -2.43. The fourth-order valence-corrected chi connectivity index (χ4v) is 4.58. The van der Waals surface area contributed by atoms with Crippen molar-refractivity contribution in [1.82, 2.24) is 15.2 Å². The number of likely N-dealkylation sites (N-methyl/N-ethyl adjacent to an activating group) is 1. The molecule has 1 aromatic heterocycles. The van der Waals surface area contributed by atoms with Crippen LogP contribution in [0.5, 0.6) is 5.75 Å². The molecule has 0 unspecified atom stereocenters. The second-order valence-corrected chi connectivity index (χ2v) is 9.82. The normalized spacial score (nSPS) is 15.1. The number of amides is 2. The maximum atomic E-state index is 12.9. The Bertz CT molecular complexity index is 1220. The fraction of sp³-hybridized carbons (Fsp3) is 0.464. The zero-order valence-corrected chi connectivity index (χ0v) is 22.7. The predicted molar refractivity (Wildman–Crippen MR) is 145 cm³/mol. The highest BCUT2D eigenvalue weighted by atomic mass is 16.5. The molecule has 4 N–H and O–H groups in total. The number of ketones is 1. The number of rotatable bonds is 11. The van der Waals surface area contributed by atoms with Gasteiger partial charge in [0.15, 0.2) is 5.60 Å². The Morgan fingerprint density at radius 2 is 1.89 bits per heavy atom. The minimum atomic E-state index is -1.25. The summed E-state index contributed by atoms with van der Waals surface area (Å²) in [4.78, 5) is 43.6. The number of carbonyl (C=O) groups excluding carboxylic acids is 3. The Kier molecular flexibility index (Phi) is 8.60. The summed E-state index contributed by atoms with van der Waals surface area (Å²) in [6, 6.07) is 5.08. The van der Waals surface area contributed by atoms with Crippen LogP contribution in [0.25, 0.3) is 11.6 Å². The van der Waals surface area contributed by atoms with E-state index in [1.54, 1.807) is 38.1 Å². The quantitative estimate of drug-likeness (QED) is 0.344. The van der Waals surface area contributed by atoms with Gasteiger partial charge in [-0.05, 0) is 77.5 Å². The Labute approximate surface area is 218 Å². The SMILES string of the molecule is CCN(CC)CCNC(=O)c1c(C)[nH]c(/C=C2\C(=O)Nc3ccc(OC(C)(C)C(=O)[C@H](C)O)cc32)c1C. The second-order valence-electron chi connectivity index (χ2n) is 9.82. The first kappa shape index (κ1) is 28.1. The molecule has 9 heteroatoms. The summed E-state index contributed by atoms with van der Waals surface area (Å²) in [5.74, 6) is -0.477. The number of aliphatic hydroxyl groups excluding tert-OH is 1. The van der Waals surface area contributed by atoms with Gasteiger partial charge in [0.2, 0.25) is 5.78 Å². The Balaban J connectivity index is 1.87. The Morgan fingerprint density at radius 3 is 2.51 bits per heavy atom. The lowest BCUT2D eigenvalue weighted by Gasteiger charge is -2.26. The molecule has 1 aliphatic rings. The highest BCUT2D eigenvalue weighted by Gasteiger charge is 2.34. The monoisotopic (exact) mass is 510 g/mol. The van der Waals surface area contributed by atoms with Crippen molar-refractivity contribution in [2.75, 3.05) is 31.5 Å². The molecule has 0 radical (unpaired) electrons. The summed E-state index contributed by atoms with van der Waals surface area (Å²) in [6.07, 6.45) is 0.567. The van der Waals surface area contributed by atoms with E-state index in [0.717, 1.165) is 30.9 Å². The van der Waals surface area contributed by atoms with E-state index in [-0.39, 0.29) is 11.8 Å². The fourth-order valence-electron chi connectivity index (χ4n) is 4.58. The zero-order valence-electron chi connectivity index (χ0n) is 22.7. The van der Waals surface area contributed by atoms with Crippen molar-refractivity contribution in [1.29, 1.82) is 0 Å². The molecule has 1 aromatic carbocycles. The van der Waals surface area contributed by atoms with Crippen molar-refractivity contribution in [3.8, 4) is 5.75 Å². The lowest BCUT2D eigenvalue weighted by atomic mass is 9.99. The van der Waals surface area contributed by atoms with E-state index in [1.165, 1.54) is 6.92 Å². The van der Waals surface area contributed by atoms with Crippen LogP contribution in [0.4, 0.5) is 5.69 Å². The van der Waals surface area contributed by atoms with E-state index in [4.69, 9.17) is 4.74 Å². The number of fused-ring (bicyclic) bond motifs is 1. The average Bonchev–Trinajstić information content (AvgIpc) is 3.30. The van der Waals surface area contributed by atoms with Crippen molar-refractivity contribution >= 4 is 34.9 Å². The number of benzene rings is 1. The summed E-state index contributed by atoms with van der Waals surface area (Å²) in [6.45, 7) is 15.6. The Hall–Kier alpha value is -3.43. The van der Waals surface area contributed by atoms with Crippen molar-refractivity contribution < 1.29 is 24.2 Å². The molecule has 37 heavy (non-hydrogen) atoms. The van der Waals surface area contributed by atoms with E-state index in [0.29, 0.717) is 40.4 Å². The van der Waals surface area contributed by atoms with Crippen LogP contribution in [0.3, 0.4) is 0 Å². The van der Waals surface area contributed by atoms with Gasteiger partial charge in [0.05, 0.1) is 11.1 Å². The highest BCUT2D eigenvalue weighted by molar-refractivity contribution is 6.35. The molecule has 0 fully saturated rings. The topological polar surface area (TPSA) is 124 Å². The summed E-state index contributed by atoms with van der Waals surface area (Å²) >= 11 is 0. The molecule has 1 atom stereocenters. The molecule has 0 saturated heterocycles. The number of aromatic nitrogens is 1. The highest BCUT2D eigenvalue weighted by Crippen LogP contribution is 2.37. The predicted octanol–water partition coefficient (Wildman–Crippen LogP) is 3.30. The number of aryl methyl sites for hydroxylation is 1. The van der Waals surface area contributed by atoms with Crippen LogP contribution in [0.2, 0.25) is 0 Å². The minimum absolute atomic E-state index is 0.153. The van der Waals surface area contributed by atoms with Crippen LogP contribution in [0, 0.1) is 13.8 Å². The first-order chi connectivity index (χ1) is 17.4. The van der Waals surface area contributed by atoms with Crippen molar-refractivity contribution in [3.63, 3.8) is 0 Å². The van der Waals surface area contributed by atoms with Gasteiger partial charge in [-0.3, -0.25) is 14.4 Å². The number of H-pyrrole nitrogens is 1. The number of anilines is 1. The van der Waals surface area contributed by atoms with Crippen LogP contribution in [-0.4, -0.2) is 70.5 Å². The molecule has 0 spiro atoms. The van der Waals surface area contributed by atoms with Crippen LogP contribution >= 0.6 is 0 Å². The molecule has 9 nitrogen and oxygen atoms in total. The summed E-state index contributed by atoms with van der Waals surface area (Å²) in [7, 11) is 0. The van der Waals surface area contributed by atoms with Gasteiger partial charge in [-0.15, -0.1) is 0 Å². The van der Waals surface area contributed by atoms with Crippen molar-refractivity contribution in [2.45, 2.75) is 60.2 Å². The molecule has 2 aromatic rings. The molecule has 200 valence electrons. The number of hydrogen-bond acceptors (Lipinski definition) is 6. The van der Waals surface area contributed by atoms with Crippen molar-refractivity contribution in [2.24, 2.45) is 0 Å². The number of ether oxygens (including phenoxy) is 1. The number of aliphatic hydroxyl groups is 1.